The molecule has 4 nitrogen and oxygen atoms in total. The number of hydrogen-bond acceptors (Lipinski definition) is 3. The SMILES string of the molecule is COc1ccccc1OCC(=O)N(Cc1ccccc1)C(C)C1CC1. The van der Waals surface area contributed by atoms with Crippen LogP contribution in [-0.2, 0) is 11.3 Å². The predicted molar refractivity (Wildman–Crippen MR) is 97.7 cm³/mol. The number of methoxy groups -OCH3 is 1. The van der Waals surface area contributed by atoms with Crippen LogP contribution in [-0.4, -0.2) is 30.6 Å². The molecule has 1 aliphatic rings. The molecule has 0 bridgehead atoms. The van der Waals surface area contributed by atoms with E-state index in [1.165, 1.54) is 12.8 Å². The first-order valence-corrected chi connectivity index (χ1v) is 8.78. The fourth-order valence-electron chi connectivity index (χ4n) is 3.03. The van der Waals surface area contributed by atoms with Gasteiger partial charge in [0.1, 0.15) is 0 Å². The summed E-state index contributed by atoms with van der Waals surface area (Å²) in [5.74, 6) is 1.85. The van der Waals surface area contributed by atoms with Gasteiger partial charge in [0.15, 0.2) is 18.1 Å². The van der Waals surface area contributed by atoms with Gasteiger partial charge >= 0.3 is 0 Å². The maximum atomic E-state index is 12.9. The Morgan fingerprint density at radius 3 is 2.36 bits per heavy atom. The minimum atomic E-state index is 0.00848. The summed E-state index contributed by atoms with van der Waals surface area (Å²) in [6.07, 6.45) is 2.40. The first kappa shape index (κ1) is 17.3. The zero-order valence-electron chi connectivity index (χ0n) is 14.9. The normalized spacial score (nSPS) is 14.6. The van der Waals surface area contributed by atoms with Crippen LogP contribution in [0.15, 0.2) is 54.6 Å². The Morgan fingerprint density at radius 2 is 1.72 bits per heavy atom. The number of benzene rings is 2. The highest BCUT2D eigenvalue weighted by molar-refractivity contribution is 5.78. The smallest absolute Gasteiger partial charge is 0.261 e. The average molecular weight is 339 g/mol. The second kappa shape index (κ2) is 8.06. The number of amides is 1. The molecule has 1 unspecified atom stereocenters. The Kier molecular flexibility index (Phi) is 5.59. The highest BCUT2D eigenvalue weighted by atomic mass is 16.5. The zero-order valence-corrected chi connectivity index (χ0v) is 14.9. The van der Waals surface area contributed by atoms with Gasteiger partial charge in [0.05, 0.1) is 7.11 Å². The maximum Gasteiger partial charge on any atom is 0.261 e. The van der Waals surface area contributed by atoms with Crippen LogP contribution in [0.5, 0.6) is 11.5 Å². The van der Waals surface area contributed by atoms with Crippen molar-refractivity contribution in [1.29, 1.82) is 0 Å². The van der Waals surface area contributed by atoms with Crippen molar-refractivity contribution in [2.24, 2.45) is 5.92 Å². The molecule has 25 heavy (non-hydrogen) atoms. The van der Waals surface area contributed by atoms with Crippen LogP contribution in [0.4, 0.5) is 0 Å². The van der Waals surface area contributed by atoms with E-state index in [4.69, 9.17) is 9.47 Å². The van der Waals surface area contributed by atoms with Crippen LogP contribution in [0.3, 0.4) is 0 Å². The van der Waals surface area contributed by atoms with E-state index < -0.39 is 0 Å². The molecular formula is C21H25NO3. The molecule has 2 aromatic carbocycles. The molecule has 0 N–H and O–H groups in total. The van der Waals surface area contributed by atoms with E-state index in [0.29, 0.717) is 24.0 Å². The maximum absolute atomic E-state index is 12.9. The fraction of sp³-hybridized carbons (Fsp3) is 0.381. The van der Waals surface area contributed by atoms with E-state index in [1.54, 1.807) is 7.11 Å². The highest BCUT2D eigenvalue weighted by Gasteiger charge is 2.34. The summed E-state index contributed by atoms with van der Waals surface area (Å²) in [5, 5.41) is 0. The molecule has 132 valence electrons. The number of ether oxygens (including phenoxy) is 2. The van der Waals surface area contributed by atoms with Gasteiger partial charge in [0.25, 0.3) is 5.91 Å². The molecule has 0 aliphatic heterocycles. The third-order valence-electron chi connectivity index (χ3n) is 4.73. The molecule has 1 atom stereocenters. The topological polar surface area (TPSA) is 38.8 Å². The minimum absolute atomic E-state index is 0.00848. The van der Waals surface area contributed by atoms with E-state index in [-0.39, 0.29) is 18.6 Å². The van der Waals surface area contributed by atoms with Gasteiger partial charge in [-0.05, 0) is 43.4 Å². The van der Waals surface area contributed by atoms with Gasteiger partial charge in [-0.25, -0.2) is 0 Å². The lowest BCUT2D eigenvalue weighted by atomic mass is 10.1. The van der Waals surface area contributed by atoms with Crippen molar-refractivity contribution in [3.63, 3.8) is 0 Å². The summed E-state index contributed by atoms with van der Waals surface area (Å²) >= 11 is 0. The van der Waals surface area contributed by atoms with Crippen molar-refractivity contribution in [3.05, 3.63) is 60.2 Å². The van der Waals surface area contributed by atoms with Crippen LogP contribution in [0, 0.1) is 5.92 Å². The molecule has 4 heteroatoms. The Hall–Kier alpha value is -2.49. The van der Waals surface area contributed by atoms with Gasteiger partial charge in [0, 0.05) is 12.6 Å². The third-order valence-corrected chi connectivity index (χ3v) is 4.73. The fourth-order valence-corrected chi connectivity index (χ4v) is 3.03. The predicted octanol–water partition coefficient (Wildman–Crippen LogP) is 3.90. The van der Waals surface area contributed by atoms with E-state index in [9.17, 15) is 4.79 Å². The first-order chi connectivity index (χ1) is 12.2. The molecule has 1 fully saturated rings. The summed E-state index contributed by atoms with van der Waals surface area (Å²) in [7, 11) is 1.60. The number of rotatable bonds is 8. The van der Waals surface area contributed by atoms with Crippen LogP contribution in [0.1, 0.15) is 25.3 Å². The van der Waals surface area contributed by atoms with E-state index in [1.807, 2.05) is 47.4 Å². The van der Waals surface area contributed by atoms with Crippen molar-refractivity contribution in [1.82, 2.24) is 4.90 Å². The van der Waals surface area contributed by atoms with Gasteiger partial charge in [0.2, 0.25) is 0 Å². The van der Waals surface area contributed by atoms with Crippen molar-refractivity contribution in [2.75, 3.05) is 13.7 Å². The van der Waals surface area contributed by atoms with E-state index in [2.05, 4.69) is 19.1 Å². The lowest BCUT2D eigenvalue weighted by Gasteiger charge is -2.29. The van der Waals surface area contributed by atoms with Crippen LogP contribution >= 0.6 is 0 Å². The third kappa shape index (κ3) is 4.53. The standard InChI is InChI=1S/C21H25NO3/c1-16(18-12-13-18)22(14-17-8-4-3-5-9-17)21(23)15-25-20-11-7-6-10-19(20)24-2/h3-11,16,18H,12-15H2,1-2H3. The second-order valence-electron chi connectivity index (χ2n) is 6.52. The second-order valence-corrected chi connectivity index (χ2v) is 6.52. The summed E-state index contributed by atoms with van der Waals surface area (Å²) in [5.41, 5.74) is 1.14. The molecule has 1 saturated carbocycles. The molecule has 0 spiro atoms. The molecule has 0 aromatic heterocycles. The number of carbonyl (C=O) groups excluding carboxylic acids is 1. The lowest BCUT2D eigenvalue weighted by molar-refractivity contribution is -0.136. The van der Waals surface area contributed by atoms with Crippen molar-refractivity contribution < 1.29 is 14.3 Å². The molecule has 0 saturated heterocycles. The summed E-state index contributed by atoms with van der Waals surface area (Å²) in [6, 6.07) is 17.7. The summed E-state index contributed by atoms with van der Waals surface area (Å²) in [6.45, 7) is 2.78. The quantitative estimate of drug-likeness (QED) is 0.732. The largest absolute Gasteiger partial charge is 0.493 e. The summed E-state index contributed by atoms with van der Waals surface area (Å²) < 4.78 is 11.0. The Labute approximate surface area is 149 Å². The van der Waals surface area contributed by atoms with Crippen molar-refractivity contribution in [3.8, 4) is 11.5 Å². The molecule has 0 heterocycles. The first-order valence-electron chi connectivity index (χ1n) is 8.78. The number of carbonyl (C=O) groups is 1. The zero-order chi connectivity index (χ0) is 17.6. The monoisotopic (exact) mass is 339 g/mol. The lowest BCUT2D eigenvalue weighted by Crippen LogP contribution is -2.42. The van der Waals surface area contributed by atoms with E-state index in [0.717, 1.165) is 5.56 Å². The average Bonchev–Trinajstić information content (AvgIpc) is 3.50. The Morgan fingerprint density at radius 1 is 1.08 bits per heavy atom. The van der Waals surface area contributed by atoms with Gasteiger partial charge in [-0.2, -0.15) is 0 Å². The molecule has 1 amide bonds. The number of nitrogens with zero attached hydrogens (tertiary/aromatic N) is 1. The van der Waals surface area contributed by atoms with Crippen LogP contribution in [0.2, 0.25) is 0 Å². The molecular weight excluding hydrogens is 314 g/mol. The van der Waals surface area contributed by atoms with Crippen molar-refractivity contribution >= 4 is 5.91 Å². The summed E-state index contributed by atoms with van der Waals surface area (Å²) in [4.78, 5) is 14.8. The molecule has 3 rings (SSSR count). The van der Waals surface area contributed by atoms with Crippen LogP contribution in [0.25, 0.3) is 0 Å². The molecule has 1 aliphatic carbocycles. The van der Waals surface area contributed by atoms with Crippen LogP contribution < -0.4 is 9.47 Å². The highest BCUT2D eigenvalue weighted by Crippen LogP contribution is 2.36. The van der Waals surface area contributed by atoms with Gasteiger partial charge in [-0.15, -0.1) is 0 Å². The van der Waals surface area contributed by atoms with Gasteiger partial charge in [-0.1, -0.05) is 42.5 Å². The Balaban J connectivity index is 1.68. The molecule has 0 radical (unpaired) electrons. The number of hydrogen-bond donors (Lipinski definition) is 0. The van der Waals surface area contributed by atoms with Crippen molar-refractivity contribution in [2.45, 2.75) is 32.4 Å². The van der Waals surface area contributed by atoms with E-state index >= 15 is 0 Å². The van der Waals surface area contributed by atoms with Gasteiger partial charge < -0.3 is 14.4 Å². The number of para-hydroxylation sites is 2. The molecule has 2 aromatic rings. The Bertz CT molecular complexity index is 697. The van der Waals surface area contributed by atoms with Gasteiger partial charge in [-0.3, -0.25) is 4.79 Å². The minimum Gasteiger partial charge on any atom is -0.493 e.